The second-order valence-corrected chi connectivity index (χ2v) is 7.38. The highest BCUT2D eigenvalue weighted by molar-refractivity contribution is 7.89. The van der Waals surface area contributed by atoms with Crippen LogP contribution in [-0.2, 0) is 28.4 Å². The Balaban J connectivity index is 2.01. The van der Waals surface area contributed by atoms with Crippen LogP contribution >= 0.6 is 0 Å². The minimum Gasteiger partial charge on any atom is -0.337 e. The number of amides is 1. The standard InChI is InChI=1S/C16H23N5O3S/c1-20-13-15(10-18-20)25(23,24)19-11-16(22)21(9-5-8-17)12-14-6-3-2-4-7-14/h2-4,6-7,10,13,19H,5,8-9,11-12,17H2,1H3. The van der Waals surface area contributed by atoms with Crippen LogP contribution in [0.5, 0.6) is 0 Å². The number of nitrogens with one attached hydrogen (secondary N) is 1. The summed E-state index contributed by atoms with van der Waals surface area (Å²) in [5.41, 5.74) is 6.51. The van der Waals surface area contributed by atoms with Gasteiger partial charge in [0.25, 0.3) is 0 Å². The number of rotatable bonds is 9. The van der Waals surface area contributed by atoms with E-state index in [9.17, 15) is 13.2 Å². The molecule has 0 aliphatic heterocycles. The molecule has 136 valence electrons. The molecule has 3 N–H and O–H groups in total. The molecule has 2 aromatic rings. The normalized spacial score (nSPS) is 11.4. The molecule has 0 unspecified atom stereocenters. The van der Waals surface area contributed by atoms with Gasteiger partial charge in [0.2, 0.25) is 15.9 Å². The van der Waals surface area contributed by atoms with Gasteiger partial charge in [-0.25, -0.2) is 13.1 Å². The molecule has 0 bridgehead atoms. The molecular formula is C16H23N5O3S. The van der Waals surface area contributed by atoms with Gasteiger partial charge in [0.05, 0.1) is 12.7 Å². The van der Waals surface area contributed by atoms with Crippen molar-refractivity contribution in [2.75, 3.05) is 19.6 Å². The highest BCUT2D eigenvalue weighted by Crippen LogP contribution is 2.08. The van der Waals surface area contributed by atoms with E-state index < -0.39 is 10.0 Å². The second-order valence-electron chi connectivity index (χ2n) is 5.62. The molecular weight excluding hydrogens is 342 g/mol. The number of sulfonamides is 1. The van der Waals surface area contributed by atoms with Gasteiger partial charge in [0.1, 0.15) is 4.90 Å². The molecule has 1 amide bonds. The van der Waals surface area contributed by atoms with Crippen molar-refractivity contribution >= 4 is 15.9 Å². The van der Waals surface area contributed by atoms with Gasteiger partial charge in [-0.15, -0.1) is 0 Å². The second kappa shape index (κ2) is 8.75. The first-order valence-corrected chi connectivity index (χ1v) is 9.41. The predicted molar refractivity (Wildman–Crippen MR) is 93.9 cm³/mol. The van der Waals surface area contributed by atoms with Crippen LogP contribution in [-0.4, -0.2) is 48.6 Å². The van der Waals surface area contributed by atoms with Crippen LogP contribution in [0, 0.1) is 0 Å². The first kappa shape index (κ1) is 19.1. The molecule has 25 heavy (non-hydrogen) atoms. The molecule has 1 heterocycles. The molecule has 0 saturated carbocycles. The quantitative estimate of drug-likeness (QED) is 0.654. The zero-order chi connectivity index (χ0) is 18.3. The van der Waals surface area contributed by atoms with Crippen LogP contribution in [0.2, 0.25) is 0 Å². The smallest absolute Gasteiger partial charge is 0.244 e. The summed E-state index contributed by atoms with van der Waals surface area (Å²) in [4.78, 5) is 14.1. The topological polar surface area (TPSA) is 110 Å². The average molecular weight is 365 g/mol. The SMILES string of the molecule is Cn1cc(S(=O)(=O)NCC(=O)N(CCCN)Cc2ccccc2)cn1. The molecule has 0 aliphatic carbocycles. The molecule has 0 atom stereocenters. The Morgan fingerprint density at radius 1 is 1.32 bits per heavy atom. The summed E-state index contributed by atoms with van der Waals surface area (Å²) in [6, 6.07) is 9.53. The summed E-state index contributed by atoms with van der Waals surface area (Å²) in [6.45, 7) is 1.03. The van der Waals surface area contributed by atoms with Gasteiger partial charge in [-0.05, 0) is 18.5 Å². The number of aryl methyl sites for hydroxylation is 1. The number of benzene rings is 1. The van der Waals surface area contributed by atoms with E-state index in [0.29, 0.717) is 26.1 Å². The molecule has 9 heteroatoms. The van der Waals surface area contributed by atoms with E-state index in [-0.39, 0.29) is 17.3 Å². The Kier molecular flexibility index (Phi) is 6.68. The van der Waals surface area contributed by atoms with Gasteiger partial charge in [0.15, 0.2) is 0 Å². The van der Waals surface area contributed by atoms with Crippen molar-refractivity contribution in [3.05, 3.63) is 48.3 Å². The van der Waals surface area contributed by atoms with E-state index in [0.717, 1.165) is 5.56 Å². The summed E-state index contributed by atoms with van der Waals surface area (Å²) >= 11 is 0. The van der Waals surface area contributed by atoms with Crippen molar-refractivity contribution in [3.63, 3.8) is 0 Å². The molecule has 1 aromatic carbocycles. The summed E-state index contributed by atoms with van der Waals surface area (Å²) in [7, 11) is -2.14. The van der Waals surface area contributed by atoms with E-state index >= 15 is 0 Å². The predicted octanol–water partition coefficient (Wildman–Crippen LogP) is 0.0760. The lowest BCUT2D eigenvalue weighted by Gasteiger charge is -2.23. The Hall–Kier alpha value is -2.23. The van der Waals surface area contributed by atoms with Crippen molar-refractivity contribution in [1.82, 2.24) is 19.4 Å². The minimum absolute atomic E-state index is 0.0272. The van der Waals surface area contributed by atoms with E-state index in [1.54, 1.807) is 11.9 Å². The highest BCUT2D eigenvalue weighted by Gasteiger charge is 2.20. The first-order chi connectivity index (χ1) is 11.9. The fourth-order valence-corrected chi connectivity index (χ4v) is 3.22. The van der Waals surface area contributed by atoms with Crippen molar-refractivity contribution < 1.29 is 13.2 Å². The molecule has 0 fully saturated rings. The van der Waals surface area contributed by atoms with E-state index in [2.05, 4.69) is 9.82 Å². The van der Waals surface area contributed by atoms with Gasteiger partial charge in [-0.2, -0.15) is 5.10 Å². The van der Waals surface area contributed by atoms with Crippen LogP contribution in [0.15, 0.2) is 47.6 Å². The van der Waals surface area contributed by atoms with Crippen molar-refractivity contribution in [1.29, 1.82) is 0 Å². The van der Waals surface area contributed by atoms with Crippen molar-refractivity contribution in [3.8, 4) is 0 Å². The molecule has 0 saturated heterocycles. The largest absolute Gasteiger partial charge is 0.337 e. The van der Waals surface area contributed by atoms with Gasteiger partial charge in [-0.3, -0.25) is 9.48 Å². The number of carbonyl (C=O) groups is 1. The maximum atomic E-state index is 12.5. The van der Waals surface area contributed by atoms with E-state index in [1.807, 2.05) is 30.3 Å². The number of hydrogen-bond donors (Lipinski definition) is 2. The first-order valence-electron chi connectivity index (χ1n) is 7.92. The van der Waals surface area contributed by atoms with Gasteiger partial charge in [-0.1, -0.05) is 30.3 Å². The van der Waals surface area contributed by atoms with Gasteiger partial charge < -0.3 is 10.6 Å². The highest BCUT2D eigenvalue weighted by atomic mass is 32.2. The third-order valence-corrected chi connectivity index (χ3v) is 4.96. The Bertz CT molecular complexity index is 789. The summed E-state index contributed by atoms with van der Waals surface area (Å²) in [6.07, 6.45) is 3.26. The lowest BCUT2D eigenvalue weighted by Crippen LogP contribution is -2.40. The Morgan fingerprint density at radius 2 is 2.04 bits per heavy atom. The van der Waals surface area contributed by atoms with Crippen LogP contribution in [0.4, 0.5) is 0 Å². The number of aromatic nitrogens is 2. The summed E-state index contributed by atoms with van der Waals surface area (Å²) in [5.74, 6) is -0.301. The maximum Gasteiger partial charge on any atom is 0.244 e. The number of nitrogens with two attached hydrogens (primary N) is 1. The lowest BCUT2D eigenvalue weighted by atomic mass is 10.2. The van der Waals surface area contributed by atoms with Crippen molar-refractivity contribution in [2.45, 2.75) is 17.9 Å². The fraction of sp³-hybridized carbons (Fsp3) is 0.375. The maximum absolute atomic E-state index is 12.5. The number of nitrogens with zero attached hydrogens (tertiary/aromatic N) is 3. The van der Waals surface area contributed by atoms with Gasteiger partial charge >= 0.3 is 0 Å². The van der Waals surface area contributed by atoms with Crippen LogP contribution in [0.3, 0.4) is 0 Å². The monoisotopic (exact) mass is 365 g/mol. The third-order valence-electron chi connectivity index (χ3n) is 3.61. The summed E-state index contributed by atoms with van der Waals surface area (Å²) < 4.78 is 28.1. The molecule has 2 rings (SSSR count). The number of hydrogen-bond acceptors (Lipinski definition) is 5. The lowest BCUT2D eigenvalue weighted by molar-refractivity contribution is -0.130. The van der Waals surface area contributed by atoms with E-state index in [1.165, 1.54) is 17.1 Å². The van der Waals surface area contributed by atoms with Crippen molar-refractivity contribution in [2.24, 2.45) is 12.8 Å². The Morgan fingerprint density at radius 3 is 2.64 bits per heavy atom. The minimum atomic E-state index is -3.77. The van der Waals surface area contributed by atoms with Crippen LogP contribution < -0.4 is 10.5 Å². The number of carbonyl (C=O) groups excluding carboxylic acids is 1. The zero-order valence-electron chi connectivity index (χ0n) is 14.1. The molecule has 1 aromatic heterocycles. The zero-order valence-corrected chi connectivity index (χ0v) is 14.9. The molecule has 8 nitrogen and oxygen atoms in total. The molecule has 0 spiro atoms. The van der Waals surface area contributed by atoms with Crippen LogP contribution in [0.1, 0.15) is 12.0 Å². The van der Waals surface area contributed by atoms with E-state index in [4.69, 9.17) is 5.73 Å². The molecule has 0 aliphatic rings. The molecule has 0 radical (unpaired) electrons. The fourth-order valence-electron chi connectivity index (χ4n) is 2.27. The average Bonchev–Trinajstić information content (AvgIpc) is 3.05. The van der Waals surface area contributed by atoms with Crippen LogP contribution in [0.25, 0.3) is 0 Å². The third kappa shape index (κ3) is 5.66. The Labute approximate surface area is 147 Å². The van der Waals surface area contributed by atoms with Gasteiger partial charge in [0, 0.05) is 26.3 Å². The summed E-state index contributed by atoms with van der Waals surface area (Å²) in [5, 5.41) is 3.83.